The number of nitrogens with one attached hydrogen (secondary N) is 3. The number of alkyl halides is 4. The molecule has 9 nitrogen and oxygen atoms in total. The molecule has 1 aliphatic rings. The SMILES string of the molecule is CNC(=O)c1cc(Oc2ccc(NC(=O)Nc3ccc4c(c3)OC(F)(F)C(F)(F)O4)cc2)ccn1. The Hall–Kier alpha value is -4.55. The van der Waals surface area contributed by atoms with Gasteiger partial charge < -0.3 is 30.2 Å². The van der Waals surface area contributed by atoms with Crippen molar-refractivity contribution in [2.24, 2.45) is 0 Å². The largest absolute Gasteiger partial charge is 0.507 e. The minimum Gasteiger partial charge on any atom is -0.457 e. The maximum Gasteiger partial charge on any atom is 0.507 e. The molecule has 35 heavy (non-hydrogen) atoms. The van der Waals surface area contributed by atoms with Crippen molar-refractivity contribution < 1.29 is 41.4 Å². The van der Waals surface area contributed by atoms with Gasteiger partial charge in [0.1, 0.15) is 17.2 Å². The Kier molecular flexibility index (Phi) is 6.07. The van der Waals surface area contributed by atoms with E-state index in [0.717, 1.165) is 12.1 Å². The van der Waals surface area contributed by atoms with Gasteiger partial charge in [-0.25, -0.2) is 4.79 Å². The molecule has 1 aliphatic heterocycles. The Bertz CT molecular complexity index is 1270. The molecule has 0 fully saturated rings. The van der Waals surface area contributed by atoms with Crippen LogP contribution in [0, 0.1) is 0 Å². The highest BCUT2D eigenvalue weighted by Gasteiger charge is 2.65. The van der Waals surface area contributed by atoms with Gasteiger partial charge in [0.05, 0.1) is 0 Å². The second kappa shape index (κ2) is 9.00. The van der Waals surface area contributed by atoms with Gasteiger partial charge in [-0.3, -0.25) is 9.78 Å². The van der Waals surface area contributed by atoms with Crippen LogP contribution in [-0.4, -0.2) is 36.2 Å². The van der Waals surface area contributed by atoms with Crippen LogP contribution in [0.2, 0.25) is 0 Å². The molecule has 13 heteroatoms. The van der Waals surface area contributed by atoms with E-state index < -0.39 is 29.7 Å². The van der Waals surface area contributed by atoms with Crippen LogP contribution in [0.25, 0.3) is 0 Å². The minimum absolute atomic E-state index is 0.00423. The number of carbonyl (C=O) groups excluding carboxylic acids is 2. The van der Waals surface area contributed by atoms with Crippen LogP contribution < -0.4 is 30.2 Å². The van der Waals surface area contributed by atoms with Gasteiger partial charge in [0.15, 0.2) is 11.5 Å². The Balaban J connectivity index is 1.37. The number of halogens is 4. The molecule has 1 aromatic heterocycles. The Morgan fingerprint density at radius 2 is 1.46 bits per heavy atom. The Morgan fingerprint density at radius 1 is 0.829 bits per heavy atom. The third-order valence-electron chi connectivity index (χ3n) is 4.56. The number of pyridine rings is 1. The van der Waals surface area contributed by atoms with Crippen molar-refractivity contribution in [3.05, 3.63) is 66.5 Å². The first-order chi connectivity index (χ1) is 16.6. The lowest BCUT2D eigenvalue weighted by Crippen LogP contribution is -2.52. The van der Waals surface area contributed by atoms with E-state index in [4.69, 9.17) is 4.74 Å². The van der Waals surface area contributed by atoms with Crippen molar-refractivity contribution in [3.8, 4) is 23.0 Å². The molecule has 2 heterocycles. The zero-order chi connectivity index (χ0) is 25.2. The van der Waals surface area contributed by atoms with Gasteiger partial charge in [0, 0.05) is 36.8 Å². The van der Waals surface area contributed by atoms with Crippen molar-refractivity contribution in [2.45, 2.75) is 12.2 Å². The fourth-order valence-electron chi connectivity index (χ4n) is 2.91. The lowest BCUT2D eigenvalue weighted by Gasteiger charge is -2.31. The highest BCUT2D eigenvalue weighted by Crippen LogP contribution is 2.47. The number of nitrogens with zero attached hydrogens (tertiary/aromatic N) is 1. The number of benzene rings is 2. The number of hydrogen-bond acceptors (Lipinski definition) is 6. The van der Waals surface area contributed by atoms with E-state index in [1.165, 1.54) is 37.5 Å². The summed E-state index contributed by atoms with van der Waals surface area (Å²) in [5.74, 6) is -0.839. The molecule has 0 aliphatic carbocycles. The number of carbonyl (C=O) groups is 2. The lowest BCUT2D eigenvalue weighted by atomic mass is 10.2. The molecule has 3 N–H and O–H groups in total. The summed E-state index contributed by atoms with van der Waals surface area (Å²) in [6.45, 7) is 0. The molecule has 3 aromatic rings. The highest BCUT2D eigenvalue weighted by atomic mass is 19.3. The predicted molar refractivity (Wildman–Crippen MR) is 114 cm³/mol. The summed E-state index contributed by atoms with van der Waals surface area (Å²) < 4.78 is 66.9. The standard InChI is InChI=1S/C22H16F4N4O5/c1-27-19(31)16-11-15(8-9-28-16)33-14-5-2-12(3-6-14)29-20(32)30-13-4-7-17-18(10-13)35-22(25,26)21(23,24)34-17/h2-11H,1H3,(H,27,31)(H2,29,30,32). The Labute approximate surface area is 195 Å². The van der Waals surface area contributed by atoms with E-state index in [0.29, 0.717) is 17.2 Å². The molecule has 0 bridgehead atoms. The van der Waals surface area contributed by atoms with Gasteiger partial charge in [-0.15, -0.1) is 0 Å². The molecule has 0 atom stereocenters. The fraction of sp³-hybridized carbons (Fsp3) is 0.136. The number of hydrogen-bond donors (Lipinski definition) is 3. The van der Waals surface area contributed by atoms with E-state index >= 15 is 0 Å². The van der Waals surface area contributed by atoms with Gasteiger partial charge >= 0.3 is 18.2 Å². The summed E-state index contributed by atoms with van der Waals surface area (Å²) in [6.07, 6.45) is -8.28. The summed E-state index contributed by atoms with van der Waals surface area (Å²) in [5, 5.41) is 7.34. The average Bonchev–Trinajstić information content (AvgIpc) is 2.80. The summed E-state index contributed by atoms with van der Waals surface area (Å²) in [6, 6.07) is 11.5. The molecule has 182 valence electrons. The number of anilines is 2. The zero-order valence-corrected chi connectivity index (χ0v) is 17.8. The van der Waals surface area contributed by atoms with Crippen LogP contribution >= 0.6 is 0 Å². The predicted octanol–water partition coefficient (Wildman–Crippen LogP) is 4.83. The highest BCUT2D eigenvalue weighted by molar-refractivity contribution is 6.00. The number of rotatable bonds is 5. The summed E-state index contributed by atoms with van der Waals surface area (Å²) >= 11 is 0. The minimum atomic E-state index is -4.87. The molecule has 0 saturated heterocycles. The summed E-state index contributed by atoms with van der Waals surface area (Å²) in [5.41, 5.74) is 0.534. The van der Waals surface area contributed by atoms with Gasteiger partial charge in [-0.1, -0.05) is 0 Å². The first-order valence-electron chi connectivity index (χ1n) is 9.88. The van der Waals surface area contributed by atoms with Crippen LogP contribution in [0.1, 0.15) is 10.5 Å². The number of fused-ring (bicyclic) bond motifs is 1. The van der Waals surface area contributed by atoms with Crippen molar-refractivity contribution >= 4 is 23.3 Å². The van der Waals surface area contributed by atoms with Gasteiger partial charge in [0.25, 0.3) is 5.91 Å². The summed E-state index contributed by atoms with van der Waals surface area (Å²) in [7, 11) is 1.48. The number of ether oxygens (including phenoxy) is 3. The monoisotopic (exact) mass is 492 g/mol. The number of amides is 3. The van der Waals surface area contributed by atoms with E-state index in [2.05, 4.69) is 30.4 Å². The molecule has 2 aromatic carbocycles. The van der Waals surface area contributed by atoms with Gasteiger partial charge in [0.2, 0.25) is 0 Å². The van der Waals surface area contributed by atoms with Crippen LogP contribution in [0.4, 0.5) is 33.7 Å². The van der Waals surface area contributed by atoms with Crippen LogP contribution in [0.5, 0.6) is 23.0 Å². The molecule has 0 saturated carbocycles. The molecular weight excluding hydrogens is 476 g/mol. The van der Waals surface area contributed by atoms with Crippen molar-refractivity contribution in [2.75, 3.05) is 17.7 Å². The van der Waals surface area contributed by atoms with Crippen LogP contribution in [0.3, 0.4) is 0 Å². The maximum absolute atomic E-state index is 13.4. The van der Waals surface area contributed by atoms with Gasteiger partial charge in [-0.05, 0) is 42.5 Å². The van der Waals surface area contributed by atoms with Crippen LogP contribution in [0.15, 0.2) is 60.8 Å². The topological polar surface area (TPSA) is 111 Å². The second-order valence-electron chi connectivity index (χ2n) is 7.06. The molecule has 0 spiro atoms. The zero-order valence-electron chi connectivity index (χ0n) is 17.8. The smallest absolute Gasteiger partial charge is 0.457 e. The average molecular weight is 492 g/mol. The van der Waals surface area contributed by atoms with Gasteiger partial charge in [-0.2, -0.15) is 17.6 Å². The van der Waals surface area contributed by atoms with E-state index in [1.54, 1.807) is 18.2 Å². The molecular formula is C22H16F4N4O5. The first kappa shape index (κ1) is 23.6. The molecule has 0 unspecified atom stereocenters. The van der Waals surface area contributed by atoms with Crippen molar-refractivity contribution in [1.29, 1.82) is 0 Å². The van der Waals surface area contributed by atoms with Crippen LogP contribution in [-0.2, 0) is 0 Å². The molecule has 3 amide bonds. The fourth-order valence-corrected chi connectivity index (χ4v) is 2.91. The first-order valence-corrected chi connectivity index (χ1v) is 9.88. The van der Waals surface area contributed by atoms with Crippen molar-refractivity contribution in [3.63, 3.8) is 0 Å². The third-order valence-corrected chi connectivity index (χ3v) is 4.56. The summed E-state index contributed by atoms with van der Waals surface area (Å²) in [4.78, 5) is 27.9. The molecule has 0 radical (unpaired) electrons. The Morgan fingerprint density at radius 3 is 2.14 bits per heavy atom. The number of urea groups is 1. The second-order valence-corrected chi connectivity index (χ2v) is 7.06. The number of aromatic nitrogens is 1. The third kappa shape index (κ3) is 5.18. The quantitative estimate of drug-likeness (QED) is 0.440. The van der Waals surface area contributed by atoms with E-state index in [9.17, 15) is 27.2 Å². The van der Waals surface area contributed by atoms with E-state index in [-0.39, 0.29) is 17.3 Å². The maximum atomic E-state index is 13.4. The van der Waals surface area contributed by atoms with E-state index in [1.807, 2.05) is 0 Å². The normalized spacial score (nSPS) is 15.0. The lowest BCUT2D eigenvalue weighted by molar-refractivity contribution is -0.391. The van der Waals surface area contributed by atoms with Crippen molar-refractivity contribution in [1.82, 2.24) is 10.3 Å². The molecule has 4 rings (SSSR count).